The van der Waals surface area contributed by atoms with Crippen LogP contribution in [0, 0.1) is 10.8 Å². The highest BCUT2D eigenvalue weighted by Crippen LogP contribution is 2.39. The number of nitrogens with one attached hydrogen (secondary N) is 6. The van der Waals surface area contributed by atoms with E-state index >= 15 is 0 Å². The van der Waals surface area contributed by atoms with E-state index in [0.29, 0.717) is 5.69 Å². The molecule has 24 nitrogen and oxygen atoms in total. The third-order valence-electron chi connectivity index (χ3n) is 9.78. The smallest absolute Gasteiger partial charge is 0.319 e. The first kappa shape index (κ1) is 43.6. The first-order chi connectivity index (χ1) is 26.0. The number of anilines is 1. The second kappa shape index (κ2) is 18.7. The van der Waals surface area contributed by atoms with Gasteiger partial charge >= 0.3 is 6.03 Å². The van der Waals surface area contributed by atoms with Crippen LogP contribution in [0.5, 0.6) is 0 Å². The van der Waals surface area contributed by atoms with Gasteiger partial charge in [-0.3, -0.25) is 15.7 Å². The Morgan fingerprint density at radius 1 is 0.982 bits per heavy atom. The fourth-order valence-corrected chi connectivity index (χ4v) is 6.79. The minimum Gasteiger partial charge on any atom is -0.394 e. The van der Waals surface area contributed by atoms with Gasteiger partial charge in [-0.15, -0.1) is 0 Å². The first-order valence-electron chi connectivity index (χ1n) is 17.1. The summed E-state index contributed by atoms with van der Waals surface area (Å²) >= 11 is 0. The molecule has 0 aromatic heterocycles. The molecular formula is C31H50N10O14. The van der Waals surface area contributed by atoms with Crippen molar-refractivity contribution in [1.29, 1.82) is 10.8 Å². The molecule has 24 heteroatoms. The van der Waals surface area contributed by atoms with Crippen LogP contribution in [0.25, 0.3) is 0 Å². The van der Waals surface area contributed by atoms with E-state index in [-0.39, 0.29) is 18.8 Å². The maximum atomic E-state index is 12.6. The number of rotatable bonds is 14. The number of hydrogen-bond donors (Lipinski definition) is 16. The van der Waals surface area contributed by atoms with Crippen LogP contribution in [0.3, 0.4) is 0 Å². The Hall–Kier alpha value is -4.11. The Morgan fingerprint density at radius 3 is 2.27 bits per heavy atom. The summed E-state index contributed by atoms with van der Waals surface area (Å²) < 4.78 is 23.9. The topological polar surface area (TPSA) is 396 Å². The number of isocyanates is 1. The van der Waals surface area contributed by atoms with Gasteiger partial charge in [0.15, 0.2) is 24.5 Å². The Bertz CT molecular complexity index is 1540. The molecule has 0 radical (unpaired) electrons. The molecule has 308 valence electrons. The summed E-state index contributed by atoms with van der Waals surface area (Å²) in [5.74, 6) is -1.34. The normalized spacial score (nSPS) is 37.4. The first-order valence-corrected chi connectivity index (χ1v) is 17.1. The summed E-state index contributed by atoms with van der Waals surface area (Å²) in [6.45, 7) is -0.479. The van der Waals surface area contributed by atoms with Gasteiger partial charge in [0.2, 0.25) is 6.08 Å². The molecule has 0 spiro atoms. The number of carbonyl (C=O) groups excluding carboxylic acids is 2. The summed E-state index contributed by atoms with van der Waals surface area (Å²) in [7, 11) is 1.49. The van der Waals surface area contributed by atoms with Gasteiger partial charge in [-0.05, 0) is 32.2 Å². The molecule has 2 saturated heterocycles. The zero-order valence-electron chi connectivity index (χ0n) is 29.8. The van der Waals surface area contributed by atoms with Crippen molar-refractivity contribution in [2.45, 2.75) is 98.2 Å². The minimum atomic E-state index is -2.28. The van der Waals surface area contributed by atoms with Crippen LogP contribution in [0.2, 0.25) is 0 Å². The van der Waals surface area contributed by atoms with Crippen molar-refractivity contribution in [3.8, 4) is 0 Å². The molecule has 0 bridgehead atoms. The van der Waals surface area contributed by atoms with Crippen molar-refractivity contribution in [2.75, 3.05) is 38.7 Å². The van der Waals surface area contributed by atoms with E-state index < -0.39 is 122 Å². The lowest BCUT2D eigenvalue weighted by Gasteiger charge is -2.48. The predicted molar refractivity (Wildman–Crippen MR) is 187 cm³/mol. The third-order valence-corrected chi connectivity index (χ3v) is 9.78. The van der Waals surface area contributed by atoms with E-state index in [1.54, 1.807) is 12.1 Å². The lowest BCUT2D eigenvalue weighted by atomic mass is 9.81. The van der Waals surface area contributed by atoms with Gasteiger partial charge in [-0.1, -0.05) is 6.07 Å². The number of amides is 2. The number of aliphatic imine (C=N–C) groups is 1. The number of aliphatic hydroxyl groups is 8. The number of urea groups is 1. The summed E-state index contributed by atoms with van der Waals surface area (Å²) in [6.07, 6.45) is -16.8. The van der Waals surface area contributed by atoms with E-state index in [1.165, 1.54) is 37.1 Å². The lowest BCUT2D eigenvalue weighted by Crippen LogP contribution is -2.73. The molecule has 4 rings (SSSR count). The fourth-order valence-electron chi connectivity index (χ4n) is 6.79. The molecule has 3 aliphatic rings. The Morgan fingerprint density at radius 2 is 1.65 bits per heavy atom. The van der Waals surface area contributed by atoms with Crippen molar-refractivity contribution in [2.24, 2.45) is 16.5 Å². The van der Waals surface area contributed by atoms with Crippen LogP contribution in [0.15, 0.2) is 29.3 Å². The van der Waals surface area contributed by atoms with Gasteiger partial charge in [-0.2, -0.15) is 4.99 Å². The van der Waals surface area contributed by atoms with Crippen molar-refractivity contribution in [1.82, 2.24) is 20.9 Å². The van der Waals surface area contributed by atoms with E-state index in [0.717, 1.165) is 0 Å². The van der Waals surface area contributed by atoms with E-state index in [9.17, 15) is 50.4 Å². The highest BCUT2D eigenvalue weighted by Gasteiger charge is 2.60. The zero-order chi connectivity index (χ0) is 40.8. The van der Waals surface area contributed by atoms with Gasteiger partial charge in [0.25, 0.3) is 0 Å². The Labute approximate surface area is 314 Å². The van der Waals surface area contributed by atoms with Crippen LogP contribution < -0.4 is 32.7 Å². The van der Waals surface area contributed by atoms with Crippen LogP contribution in [0.1, 0.15) is 6.92 Å². The van der Waals surface area contributed by atoms with Crippen molar-refractivity contribution >= 4 is 35.4 Å². The Kier molecular flexibility index (Phi) is 14.8. The van der Waals surface area contributed by atoms with Gasteiger partial charge in [-0.25, -0.2) is 9.59 Å². The Balaban J connectivity index is 1.56. The van der Waals surface area contributed by atoms with Gasteiger partial charge in [0.05, 0.1) is 49.2 Å². The molecule has 2 amide bonds. The molecule has 18 N–H and O–H groups in total. The molecule has 1 aromatic carbocycles. The summed E-state index contributed by atoms with van der Waals surface area (Å²) in [6, 6.07) is 1.25. The average Bonchev–Trinajstić information content (AvgIpc) is 3.36. The highest BCUT2D eigenvalue weighted by atomic mass is 16.8. The second-order valence-corrected chi connectivity index (χ2v) is 13.4. The average molecular weight is 787 g/mol. The van der Waals surface area contributed by atoms with Crippen LogP contribution in [-0.2, 0) is 23.7 Å². The number of benzene rings is 1. The van der Waals surface area contributed by atoms with Crippen molar-refractivity contribution < 1.29 is 69.4 Å². The SMILES string of the molecule is C[C@@H]1O[C@@H](OC2[C@@H](NC(=N)N)C(O)C(NC(=N)N)[C@H](O)[C@@H]2O)C(OC2OC(CO)[C@H](O)[C@H](O)C2N(C)CCNC(=O)Nc2cccc(N=C=O)c2)[C@]1(O)CO. The maximum absolute atomic E-state index is 12.6. The van der Waals surface area contributed by atoms with E-state index in [1.807, 2.05) is 0 Å². The largest absolute Gasteiger partial charge is 0.394 e. The van der Waals surface area contributed by atoms with Gasteiger partial charge < -0.3 is 92.5 Å². The predicted octanol–water partition coefficient (Wildman–Crippen LogP) is -6.45. The molecule has 1 aromatic rings. The fraction of sp³-hybridized carbons (Fsp3) is 0.677. The molecule has 15 atom stereocenters. The van der Waals surface area contributed by atoms with Crippen LogP contribution >= 0.6 is 0 Å². The molecule has 3 fully saturated rings. The number of carbonyl (C=O) groups is 1. The molecule has 1 aliphatic carbocycles. The summed E-state index contributed by atoms with van der Waals surface area (Å²) in [5, 5.41) is 112. The van der Waals surface area contributed by atoms with E-state index in [2.05, 4.69) is 26.3 Å². The van der Waals surface area contributed by atoms with Crippen molar-refractivity contribution in [3.05, 3.63) is 24.3 Å². The standard InChI is InChI=1S/C31H50N10O14/c1-12-31(51,10-43)25(27(52-12)54-24-17(40-29(34)35)20(46)16(39-28(32)33)21(47)23(24)49)55-26-18(22(48)19(45)15(9-42)53-26)41(2)7-6-36-30(50)38-14-5-3-4-13(8-14)37-11-44/h3-5,8,12,15-27,42-43,45-49,51H,6-7,9-10H2,1-2H3,(H4,32,33,39)(H4,34,35,40)(H2,36,38,50)/t12-,15?,16?,17-,18?,19-,20?,21-,22+,23-,24?,25?,26?,27-,31-/m0/s1. The molecule has 2 heterocycles. The van der Waals surface area contributed by atoms with E-state index in [4.69, 9.17) is 41.2 Å². The number of nitrogens with two attached hydrogens (primary N) is 2. The number of guanidine groups is 2. The summed E-state index contributed by atoms with van der Waals surface area (Å²) in [4.78, 5) is 28.1. The number of aliphatic hydroxyl groups excluding tert-OH is 7. The number of likely N-dealkylation sites (N-methyl/N-ethyl adjacent to an activating group) is 1. The number of ether oxygens (including phenoxy) is 4. The maximum Gasteiger partial charge on any atom is 0.319 e. The molecule has 1 saturated carbocycles. The van der Waals surface area contributed by atoms with Crippen LogP contribution in [-0.4, -0.2) is 194 Å². The highest BCUT2D eigenvalue weighted by molar-refractivity contribution is 5.89. The molecule has 55 heavy (non-hydrogen) atoms. The van der Waals surface area contributed by atoms with Gasteiger partial charge in [0.1, 0.15) is 48.3 Å². The molecule has 2 aliphatic heterocycles. The molecule has 7 unspecified atom stereocenters. The minimum absolute atomic E-state index is 0.00990. The third kappa shape index (κ3) is 9.83. The van der Waals surface area contributed by atoms with Crippen molar-refractivity contribution in [3.63, 3.8) is 0 Å². The quantitative estimate of drug-likeness (QED) is 0.0473. The van der Waals surface area contributed by atoms with Gasteiger partial charge in [0, 0.05) is 18.8 Å². The number of hydrogen-bond acceptors (Lipinski definition) is 18. The summed E-state index contributed by atoms with van der Waals surface area (Å²) in [5.41, 5.74) is 9.24. The second-order valence-electron chi connectivity index (χ2n) is 13.4. The number of nitrogens with zero attached hydrogens (tertiary/aromatic N) is 2. The lowest BCUT2D eigenvalue weighted by molar-refractivity contribution is -0.327. The van der Waals surface area contributed by atoms with Crippen LogP contribution in [0.4, 0.5) is 16.2 Å². The monoisotopic (exact) mass is 786 g/mol. The zero-order valence-corrected chi connectivity index (χ0v) is 29.8. The molecular weight excluding hydrogens is 736 g/mol.